The number of rotatable bonds is 11. The Kier molecular flexibility index (Phi) is 12.4. The fourth-order valence-electron chi connectivity index (χ4n) is 7.26. The molecule has 0 radical (unpaired) electrons. The lowest BCUT2D eigenvalue weighted by molar-refractivity contribution is -0.164. The van der Waals surface area contributed by atoms with Gasteiger partial charge in [-0.05, 0) is 110 Å². The van der Waals surface area contributed by atoms with Gasteiger partial charge in [0.1, 0.15) is 17.0 Å². The molecule has 3 saturated heterocycles. The lowest BCUT2D eigenvalue weighted by Crippen LogP contribution is -2.54. The maximum atomic E-state index is 14.9. The number of piperidine rings is 1. The lowest BCUT2D eigenvalue weighted by Gasteiger charge is -2.44. The summed E-state index contributed by atoms with van der Waals surface area (Å²) in [4.78, 5) is 42.0. The van der Waals surface area contributed by atoms with Crippen molar-refractivity contribution in [2.45, 2.75) is 127 Å². The van der Waals surface area contributed by atoms with Crippen LogP contribution in [0.2, 0.25) is 0 Å². The molecule has 3 aliphatic heterocycles. The molecular formula is C38H54N2O11S. The maximum Gasteiger partial charge on any atom is 0.508 e. The molecule has 4 heterocycles. The van der Waals surface area contributed by atoms with Crippen molar-refractivity contribution in [3.63, 3.8) is 0 Å². The first kappa shape index (κ1) is 39.7. The average molecular weight is 747 g/mol. The van der Waals surface area contributed by atoms with Crippen LogP contribution in [0, 0.1) is 5.41 Å². The van der Waals surface area contributed by atoms with E-state index >= 15 is 0 Å². The van der Waals surface area contributed by atoms with E-state index in [1.807, 2.05) is 6.07 Å². The molecule has 0 saturated carbocycles. The number of aryl methyl sites for hydroxylation is 1. The van der Waals surface area contributed by atoms with E-state index < -0.39 is 56.8 Å². The second kappa shape index (κ2) is 16.3. The third kappa shape index (κ3) is 9.74. The molecule has 1 unspecified atom stereocenters. The molecule has 0 N–H and O–H groups in total. The Morgan fingerprint density at radius 1 is 0.981 bits per heavy atom. The first-order valence-corrected chi connectivity index (χ1v) is 19.7. The van der Waals surface area contributed by atoms with Crippen LogP contribution in [0.1, 0.15) is 104 Å². The first-order chi connectivity index (χ1) is 24.5. The number of carbonyl (C=O) groups is 3. The number of carbonyl (C=O) groups excluding carboxylic acids is 3. The van der Waals surface area contributed by atoms with Crippen LogP contribution >= 0.6 is 0 Å². The quantitative estimate of drug-likeness (QED) is 0.176. The molecule has 4 atom stereocenters. The smallest absolute Gasteiger partial charge is 0.469 e. The Hall–Kier alpha value is -3.46. The van der Waals surface area contributed by atoms with E-state index in [1.54, 1.807) is 78.1 Å². The highest BCUT2D eigenvalue weighted by Crippen LogP contribution is 2.53. The largest absolute Gasteiger partial charge is 0.508 e. The molecule has 0 aliphatic carbocycles. The number of furan rings is 1. The van der Waals surface area contributed by atoms with Crippen LogP contribution in [0.15, 0.2) is 52.0 Å². The van der Waals surface area contributed by atoms with Crippen molar-refractivity contribution in [1.82, 2.24) is 9.21 Å². The number of imide groups is 1. The summed E-state index contributed by atoms with van der Waals surface area (Å²) >= 11 is 0. The van der Waals surface area contributed by atoms with Crippen LogP contribution in [0.3, 0.4) is 0 Å². The molecule has 14 heteroatoms. The second-order valence-electron chi connectivity index (χ2n) is 15.9. The monoisotopic (exact) mass is 746 g/mol. The van der Waals surface area contributed by atoms with Crippen molar-refractivity contribution < 1.29 is 50.9 Å². The van der Waals surface area contributed by atoms with E-state index in [1.165, 1.54) is 9.21 Å². The van der Waals surface area contributed by atoms with Gasteiger partial charge in [-0.1, -0.05) is 18.2 Å². The minimum absolute atomic E-state index is 0.125. The van der Waals surface area contributed by atoms with Crippen LogP contribution in [0.5, 0.6) is 0 Å². The van der Waals surface area contributed by atoms with Gasteiger partial charge in [-0.2, -0.15) is 4.31 Å². The van der Waals surface area contributed by atoms with Crippen LogP contribution in [-0.4, -0.2) is 92.2 Å². The van der Waals surface area contributed by atoms with Crippen molar-refractivity contribution in [2.24, 2.45) is 5.41 Å². The Morgan fingerprint density at radius 3 is 2.38 bits per heavy atom. The van der Waals surface area contributed by atoms with Gasteiger partial charge < -0.3 is 28.1 Å². The highest BCUT2D eigenvalue weighted by atomic mass is 32.2. The molecule has 1 aromatic carbocycles. The molecule has 3 aliphatic rings. The van der Waals surface area contributed by atoms with E-state index in [0.29, 0.717) is 38.1 Å². The maximum absolute atomic E-state index is 14.9. The van der Waals surface area contributed by atoms with Gasteiger partial charge in [0, 0.05) is 38.1 Å². The number of benzene rings is 1. The molecule has 1 aromatic heterocycles. The average Bonchev–Trinajstić information content (AvgIpc) is 3.64. The Balaban J connectivity index is 1.42. The van der Waals surface area contributed by atoms with Crippen molar-refractivity contribution in [2.75, 3.05) is 32.9 Å². The van der Waals surface area contributed by atoms with Gasteiger partial charge >= 0.3 is 12.2 Å². The molecule has 13 nitrogen and oxygen atoms in total. The number of ether oxygens (including phenoxy) is 5. The molecule has 1 spiro atoms. The summed E-state index contributed by atoms with van der Waals surface area (Å²) in [7, 11) is -3.97. The van der Waals surface area contributed by atoms with Gasteiger partial charge in [-0.25, -0.2) is 22.9 Å². The van der Waals surface area contributed by atoms with Crippen molar-refractivity contribution in [1.29, 1.82) is 0 Å². The van der Waals surface area contributed by atoms with E-state index in [-0.39, 0.29) is 43.9 Å². The number of hydrogen-bond donors (Lipinski definition) is 0. The number of likely N-dealkylation sites (tertiary alicyclic amines) is 1. The summed E-state index contributed by atoms with van der Waals surface area (Å²) in [5, 5.41) is 0. The van der Waals surface area contributed by atoms with Crippen molar-refractivity contribution >= 4 is 28.2 Å². The van der Waals surface area contributed by atoms with Crippen LogP contribution in [0.25, 0.3) is 0 Å². The van der Waals surface area contributed by atoms with Crippen molar-refractivity contribution in [3.05, 3.63) is 54.0 Å². The van der Waals surface area contributed by atoms with Crippen LogP contribution < -0.4 is 0 Å². The van der Waals surface area contributed by atoms with Gasteiger partial charge in [0.25, 0.3) is 0 Å². The summed E-state index contributed by atoms with van der Waals surface area (Å²) in [5.74, 6) is -0.313. The van der Waals surface area contributed by atoms with Crippen LogP contribution in [0.4, 0.5) is 9.59 Å². The minimum Gasteiger partial charge on any atom is -0.469 e. The van der Waals surface area contributed by atoms with E-state index in [2.05, 4.69) is 0 Å². The van der Waals surface area contributed by atoms with Gasteiger partial charge in [-0.3, -0.25) is 4.79 Å². The normalized spacial score (nSPS) is 24.6. The number of hydrogen-bond acceptors (Lipinski definition) is 11. The molecular weight excluding hydrogens is 692 g/mol. The molecule has 0 bridgehead atoms. The fraction of sp³-hybridized carbons (Fsp3) is 0.658. The third-order valence-corrected chi connectivity index (χ3v) is 11.4. The predicted octanol–water partition coefficient (Wildman–Crippen LogP) is 6.80. The van der Waals surface area contributed by atoms with Gasteiger partial charge in [0.05, 0.1) is 29.8 Å². The second-order valence-corrected chi connectivity index (χ2v) is 17.8. The van der Waals surface area contributed by atoms with Crippen molar-refractivity contribution in [3.8, 4) is 0 Å². The predicted molar refractivity (Wildman–Crippen MR) is 190 cm³/mol. The topological polar surface area (TPSA) is 151 Å². The highest BCUT2D eigenvalue weighted by Gasteiger charge is 2.61. The highest BCUT2D eigenvalue weighted by molar-refractivity contribution is 7.89. The third-order valence-electron chi connectivity index (χ3n) is 9.52. The molecule has 3 fully saturated rings. The van der Waals surface area contributed by atoms with Gasteiger partial charge in [-0.15, -0.1) is 0 Å². The molecule has 5 rings (SSSR count). The summed E-state index contributed by atoms with van der Waals surface area (Å²) < 4.78 is 63.3. The van der Waals surface area contributed by atoms with Gasteiger partial charge in [0.2, 0.25) is 15.9 Å². The van der Waals surface area contributed by atoms with E-state index in [4.69, 9.17) is 28.1 Å². The number of sulfonamides is 1. The fourth-order valence-corrected chi connectivity index (χ4v) is 8.80. The zero-order valence-electron chi connectivity index (χ0n) is 31.3. The zero-order chi connectivity index (χ0) is 37.7. The Morgan fingerprint density at radius 2 is 1.71 bits per heavy atom. The Labute approximate surface area is 307 Å². The number of nitrogens with zero attached hydrogens (tertiary/aromatic N) is 2. The van der Waals surface area contributed by atoms with E-state index in [0.717, 1.165) is 24.8 Å². The van der Waals surface area contributed by atoms with Gasteiger partial charge in [0.15, 0.2) is 6.29 Å². The minimum atomic E-state index is -3.97. The molecule has 288 valence electrons. The molecule has 2 aromatic rings. The SMILES string of the molecule is CC(C)(C)OC(=O)OCCCc1cc([C@H]2CCN(S(=O)(=O)c3ccccc3)C[C@]23C[C@@H](CCOC2CCCCO2)N(C(=O)OC(C)(C)C)C3=O)co1. The summed E-state index contributed by atoms with van der Waals surface area (Å²) in [6.07, 6.45) is 4.29. The summed E-state index contributed by atoms with van der Waals surface area (Å²) in [6, 6.07) is 9.43. The zero-order valence-corrected chi connectivity index (χ0v) is 32.1. The van der Waals surface area contributed by atoms with E-state index in [9.17, 15) is 22.8 Å². The van der Waals surface area contributed by atoms with Crippen LogP contribution in [-0.2, 0) is 44.9 Å². The standard InChI is InChI=1S/C38H54N2O11S/c1-36(2,3)50-34(42)40-28(18-22-47-32-16-10-11-20-46-32)24-38(33(40)41)26-39(52(44,45)30-14-8-7-9-15-30)19-17-31(38)27-23-29(49-25-27)13-12-21-48-35(43)51-37(4,5)6/h7-9,14-15,23,25,28,31-32H,10-13,16-22,24,26H2,1-6H3/t28-,31-,32?,38-/m1/s1. The first-order valence-electron chi connectivity index (χ1n) is 18.3. The summed E-state index contributed by atoms with van der Waals surface area (Å²) in [5.41, 5.74) is -2.09. The molecule has 52 heavy (non-hydrogen) atoms. The lowest BCUT2D eigenvalue weighted by atomic mass is 9.67. The number of amides is 2. The Bertz CT molecular complexity index is 1640. The molecule has 2 amide bonds. The summed E-state index contributed by atoms with van der Waals surface area (Å²) in [6.45, 7) is 11.5.